The van der Waals surface area contributed by atoms with E-state index >= 15 is 0 Å². The van der Waals surface area contributed by atoms with Crippen LogP contribution in [0, 0.1) is 0 Å². The molecule has 3 heterocycles. The molecule has 1 aliphatic heterocycles. The number of fused-ring (bicyclic) bond motifs is 1. The predicted octanol–water partition coefficient (Wildman–Crippen LogP) is 2.31. The maximum Gasteiger partial charge on any atom is 0.189 e. The lowest BCUT2D eigenvalue weighted by molar-refractivity contribution is 0.415. The minimum absolute atomic E-state index is 0.640. The van der Waals surface area contributed by atoms with Gasteiger partial charge in [0.1, 0.15) is 11.4 Å². The Balaban J connectivity index is 1.54. The van der Waals surface area contributed by atoms with Crippen LogP contribution in [0.2, 0.25) is 0 Å². The monoisotopic (exact) mass is 348 g/mol. The molecule has 5 rings (SSSR count). The van der Waals surface area contributed by atoms with Crippen molar-refractivity contribution in [2.75, 3.05) is 7.11 Å². The van der Waals surface area contributed by atoms with E-state index in [0.717, 1.165) is 29.1 Å². The summed E-state index contributed by atoms with van der Waals surface area (Å²) >= 11 is 0. The second-order valence-electron chi connectivity index (χ2n) is 6.72. The number of ether oxygens (including phenoxy) is 1. The Hall–Kier alpha value is -3.06. The minimum atomic E-state index is 0.640. The number of hydrogen-bond acceptors (Lipinski definition) is 6. The molecule has 3 aromatic rings. The van der Waals surface area contributed by atoms with E-state index in [0.29, 0.717) is 11.8 Å². The number of hydrazine groups is 2. The fraction of sp³-hybridized carbons (Fsp3) is 0.263. The number of methoxy groups -OCH3 is 1. The highest BCUT2D eigenvalue weighted by molar-refractivity contribution is 5.97. The van der Waals surface area contributed by atoms with Gasteiger partial charge in [0.25, 0.3) is 0 Å². The van der Waals surface area contributed by atoms with Gasteiger partial charge in [0.2, 0.25) is 0 Å². The summed E-state index contributed by atoms with van der Waals surface area (Å²) in [4.78, 5) is 8.41. The number of benzene rings is 1. The predicted molar refractivity (Wildman–Crippen MR) is 99.8 cm³/mol. The van der Waals surface area contributed by atoms with Crippen molar-refractivity contribution in [1.29, 1.82) is 0 Å². The molecule has 0 saturated heterocycles. The van der Waals surface area contributed by atoms with Crippen molar-refractivity contribution in [3.05, 3.63) is 59.0 Å². The van der Waals surface area contributed by atoms with E-state index < -0.39 is 0 Å². The van der Waals surface area contributed by atoms with Crippen LogP contribution in [-0.4, -0.2) is 22.9 Å². The molecule has 0 atom stereocenters. The fourth-order valence-corrected chi connectivity index (χ4v) is 3.50. The molecule has 7 nitrogen and oxygen atoms in total. The van der Waals surface area contributed by atoms with Gasteiger partial charge in [-0.1, -0.05) is 6.07 Å². The average Bonchev–Trinajstić information content (AvgIpc) is 3.25. The van der Waals surface area contributed by atoms with Crippen LogP contribution in [0.1, 0.15) is 41.4 Å². The second-order valence-corrected chi connectivity index (χ2v) is 6.72. The fourth-order valence-electron chi connectivity index (χ4n) is 3.50. The third kappa shape index (κ3) is 2.66. The van der Waals surface area contributed by atoms with Gasteiger partial charge in [-0.3, -0.25) is 5.43 Å². The number of H-pyrrole nitrogens is 1. The van der Waals surface area contributed by atoms with Crippen molar-refractivity contribution in [3.63, 3.8) is 0 Å². The van der Waals surface area contributed by atoms with Crippen molar-refractivity contribution in [1.82, 2.24) is 26.5 Å². The SMILES string of the molecule is COc1ccc2c(Cc3cccc(C4=NNNN4)n3)c(C3CC3)[nH]c2c1. The Bertz CT molecular complexity index is 1000. The van der Waals surface area contributed by atoms with Gasteiger partial charge in [-0.25, -0.2) is 10.5 Å². The Morgan fingerprint density at radius 3 is 2.88 bits per heavy atom. The number of rotatable bonds is 5. The minimum Gasteiger partial charge on any atom is -0.497 e. The van der Waals surface area contributed by atoms with Crippen molar-refractivity contribution in [2.45, 2.75) is 25.2 Å². The second kappa shape index (κ2) is 6.03. The summed E-state index contributed by atoms with van der Waals surface area (Å²) in [5.41, 5.74) is 14.0. The largest absolute Gasteiger partial charge is 0.497 e. The van der Waals surface area contributed by atoms with Crippen LogP contribution < -0.4 is 21.2 Å². The lowest BCUT2D eigenvalue weighted by Crippen LogP contribution is -2.35. The number of aromatic amines is 1. The summed E-state index contributed by atoms with van der Waals surface area (Å²) in [6, 6.07) is 12.3. The van der Waals surface area contributed by atoms with E-state index in [1.165, 1.54) is 29.5 Å². The van der Waals surface area contributed by atoms with Crippen LogP contribution in [0.15, 0.2) is 41.5 Å². The molecule has 2 aromatic heterocycles. The van der Waals surface area contributed by atoms with E-state index in [2.05, 4.69) is 44.8 Å². The van der Waals surface area contributed by atoms with E-state index in [9.17, 15) is 0 Å². The molecule has 26 heavy (non-hydrogen) atoms. The van der Waals surface area contributed by atoms with Gasteiger partial charge >= 0.3 is 0 Å². The number of nitrogens with one attached hydrogen (secondary N) is 4. The molecule has 0 bridgehead atoms. The third-order valence-electron chi connectivity index (χ3n) is 4.94. The van der Waals surface area contributed by atoms with Crippen LogP contribution in [0.4, 0.5) is 0 Å². The topological polar surface area (TPSA) is 86.4 Å². The molecule has 0 amide bonds. The van der Waals surface area contributed by atoms with Gasteiger partial charge in [-0.05, 0) is 48.6 Å². The molecule has 1 fully saturated rings. The zero-order valence-corrected chi connectivity index (χ0v) is 14.5. The quantitative estimate of drug-likeness (QED) is 0.568. The van der Waals surface area contributed by atoms with Crippen LogP contribution in [0.3, 0.4) is 0 Å². The Kier molecular flexibility index (Phi) is 3.53. The van der Waals surface area contributed by atoms with Gasteiger partial charge in [0, 0.05) is 34.8 Å². The van der Waals surface area contributed by atoms with Crippen LogP contribution in [-0.2, 0) is 6.42 Å². The molecule has 132 valence electrons. The number of aromatic nitrogens is 2. The van der Waals surface area contributed by atoms with Crippen molar-refractivity contribution >= 4 is 16.7 Å². The number of hydrogen-bond donors (Lipinski definition) is 4. The molecular weight excluding hydrogens is 328 g/mol. The van der Waals surface area contributed by atoms with Crippen LogP contribution in [0.25, 0.3) is 10.9 Å². The first-order chi connectivity index (χ1) is 12.8. The highest BCUT2D eigenvalue weighted by Gasteiger charge is 2.29. The molecule has 1 saturated carbocycles. The van der Waals surface area contributed by atoms with Crippen molar-refractivity contribution in [3.8, 4) is 5.75 Å². The Morgan fingerprint density at radius 1 is 1.19 bits per heavy atom. The summed E-state index contributed by atoms with van der Waals surface area (Å²) < 4.78 is 5.37. The lowest BCUT2D eigenvalue weighted by Gasteiger charge is -2.06. The van der Waals surface area contributed by atoms with E-state index in [4.69, 9.17) is 9.72 Å². The Labute approximate surface area is 150 Å². The summed E-state index contributed by atoms with van der Waals surface area (Å²) in [5, 5.41) is 5.38. The first-order valence-electron chi connectivity index (χ1n) is 8.80. The molecule has 0 radical (unpaired) electrons. The van der Waals surface area contributed by atoms with Gasteiger partial charge < -0.3 is 9.72 Å². The average molecular weight is 348 g/mol. The zero-order chi connectivity index (χ0) is 17.5. The standard InChI is InChI=1S/C19H20N6O/c1-26-13-7-8-14-15(18(11-5-6-11)21-17(14)10-13)9-12-3-2-4-16(20-12)19-22-24-25-23-19/h2-4,7-8,10-11,21,24-25H,5-6,9H2,1H3,(H,22,23). The maximum absolute atomic E-state index is 5.37. The van der Waals surface area contributed by atoms with Gasteiger partial charge in [-0.15, -0.1) is 10.6 Å². The molecule has 1 aliphatic carbocycles. The smallest absolute Gasteiger partial charge is 0.189 e. The van der Waals surface area contributed by atoms with E-state index in [1.54, 1.807) is 7.11 Å². The Morgan fingerprint density at radius 2 is 2.12 bits per heavy atom. The molecule has 0 spiro atoms. The maximum atomic E-state index is 5.37. The van der Waals surface area contributed by atoms with E-state index in [1.807, 2.05) is 18.2 Å². The van der Waals surface area contributed by atoms with Crippen molar-refractivity contribution in [2.24, 2.45) is 5.10 Å². The summed E-state index contributed by atoms with van der Waals surface area (Å²) in [7, 11) is 1.70. The summed E-state index contributed by atoms with van der Waals surface area (Å²) in [6.45, 7) is 0. The zero-order valence-electron chi connectivity index (χ0n) is 14.5. The van der Waals surface area contributed by atoms with Gasteiger partial charge in [0.05, 0.1) is 7.11 Å². The third-order valence-corrected chi connectivity index (χ3v) is 4.94. The summed E-state index contributed by atoms with van der Waals surface area (Å²) in [6.07, 6.45) is 3.30. The number of hydrazone groups is 1. The van der Waals surface area contributed by atoms with Crippen LogP contribution in [0.5, 0.6) is 5.75 Å². The number of nitrogens with zero attached hydrogens (tertiary/aromatic N) is 2. The first kappa shape index (κ1) is 15.2. The van der Waals surface area contributed by atoms with E-state index in [-0.39, 0.29) is 0 Å². The molecule has 7 heteroatoms. The summed E-state index contributed by atoms with van der Waals surface area (Å²) in [5.74, 6) is 2.21. The molecule has 4 N–H and O–H groups in total. The van der Waals surface area contributed by atoms with Gasteiger partial charge in [-0.2, -0.15) is 0 Å². The van der Waals surface area contributed by atoms with Crippen molar-refractivity contribution < 1.29 is 4.74 Å². The molecule has 1 aromatic carbocycles. The van der Waals surface area contributed by atoms with Crippen LogP contribution >= 0.6 is 0 Å². The first-order valence-corrected chi connectivity index (χ1v) is 8.80. The normalized spacial score (nSPS) is 16.3. The number of amidine groups is 1. The molecule has 2 aliphatic rings. The highest BCUT2D eigenvalue weighted by atomic mass is 16.5. The lowest BCUT2D eigenvalue weighted by atomic mass is 10.0. The van der Waals surface area contributed by atoms with Gasteiger partial charge in [0.15, 0.2) is 5.84 Å². The highest BCUT2D eigenvalue weighted by Crippen LogP contribution is 2.44. The number of pyridine rings is 1. The molecule has 0 unspecified atom stereocenters. The molecular formula is C19H20N6O.